The van der Waals surface area contributed by atoms with Crippen molar-refractivity contribution in [3.8, 4) is 0 Å². The number of carbonyl (C=O) groups is 1. The molecule has 144 valence electrons. The number of pyridine rings is 1. The molecule has 4 nitrogen and oxygen atoms in total. The molecule has 27 heavy (non-hydrogen) atoms. The summed E-state index contributed by atoms with van der Waals surface area (Å²) in [5.74, 6) is -0.177. The van der Waals surface area contributed by atoms with Gasteiger partial charge in [-0.15, -0.1) is 0 Å². The number of aryl methyl sites for hydroxylation is 1. The maximum atomic E-state index is 13.7. The monoisotopic (exact) mass is 370 g/mol. The first-order valence-corrected chi connectivity index (χ1v) is 9.69. The molecule has 1 fully saturated rings. The minimum absolute atomic E-state index is 0.0796. The second-order valence-corrected chi connectivity index (χ2v) is 7.47. The first kappa shape index (κ1) is 19.3. The molecule has 0 aliphatic heterocycles. The Morgan fingerprint density at radius 3 is 2.63 bits per heavy atom. The third-order valence-electron chi connectivity index (χ3n) is 5.56. The average Bonchev–Trinajstić information content (AvgIpc) is 2.56. The maximum absolute atomic E-state index is 13.7. The summed E-state index contributed by atoms with van der Waals surface area (Å²) in [6.45, 7) is 6.20. The molecule has 1 aliphatic rings. The lowest BCUT2D eigenvalue weighted by Crippen LogP contribution is -2.38. The zero-order valence-corrected chi connectivity index (χ0v) is 16.2. The summed E-state index contributed by atoms with van der Waals surface area (Å²) in [6.07, 6.45) is 3.99. The predicted octanol–water partition coefficient (Wildman–Crippen LogP) is 4.29. The van der Waals surface area contributed by atoms with Crippen LogP contribution in [-0.2, 0) is 6.54 Å². The lowest BCUT2D eigenvalue weighted by atomic mass is 9.77. The second kappa shape index (κ2) is 8.07. The quantitative estimate of drug-likeness (QED) is 0.825. The van der Waals surface area contributed by atoms with Gasteiger partial charge >= 0.3 is 0 Å². The summed E-state index contributed by atoms with van der Waals surface area (Å²) in [5, 5.41) is 3.13. The molecule has 0 unspecified atom stereocenters. The fourth-order valence-electron chi connectivity index (χ4n) is 3.93. The third-order valence-corrected chi connectivity index (χ3v) is 5.56. The summed E-state index contributed by atoms with van der Waals surface area (Å²) in [4.78, 5) is 25.4. The lowest BCUT2D eigenvalue weighted by molar-refractivity contribution is 0.0898. The lowest BCUT2D eigenvalue weighted by Gasteiger charge is -2.35. The van der Waals surface area contributed by atoms with Crippen LogP contribution >= 0.6 is 0 Å². The molecule has 1 atom stereocenters. The Labute approximate surface area is 159 Å². The molecule has 0 saturated heterocycles. The van der Waals surface area contributed by atoms with Gasteiger partial charge in [0.1, 0.15) is 5.82 Å². The Bertz CT molecular complexity index is 900. The molecule has 1 aromatic carbocycles. The Kier molecular flexibility index (Phi) is 5.78. The summed E-state index contributed by atoms with van der Waals surface area (Å²) >= 11 is 0. The Morgan fingerprint density at radius 1 is 1.30 bits per heavy atom. The van der Waals surface area contributed by atoms with Crippen LogP contribution in [0.3, 0.4) is 0 Å². The number of amides is 1. The van der Waals surface area contributed by atoms with E-state index in [1.54, 1.807) is 17.6 Å². The highest BCUT2D eigenvalue weighted by molar-refractivity contribution is 5.97. The zero-order valence-electron chi connectivity index (χ0n) is 16.2. The van der Waals surface area contributed by atoms with Crippen LogP contribution < -0.4 is 10.9 Å². The van der Waals surface area contributed by atoms with Gasteiger partial charge in [-0.05, 0) is 62.3 Å². The summed E-state index contributed by atoms with van der Waals surface area (Å²) in [7, 11) is 0. The smallest absolute Gasteiger partial charge is 0.253 e. The van der Waals surface area contributed by atoms with Crippen molar-refractivity contribution in [1.82, 2.24) is 9.88 Å². The fraction of sp³-hybridized carbons (Fsp3) is 0.455. The first-order chi connectivity index (χ1) is 12.9. The molecule has 1 heterocycles. The van der Waals surface area contributed by atoms with Crippen molar-refractivity contribution in [3.05, 3.63) is 68.9 Å². The van der Waals surface area contributed by atoms with Crippen LogP contribution in [0.4, 0.5) is 4.39 Å². The number of rotatable bonds is 6. The number of hydrogen-bond donors (Lipinski definition) is 1. The van der Waals surface area contributed by atoms with Gasteiger partial charge in [0.2, 0.25) is 0 Å². The normalized spacial score (nSPS) is 15.3. The van der Waals surface area contributed by atoms with Gasteiger partial charge in [0.25, 0.3) is 11.5 Å². The van der Waals surface area contributed by atoms with Crippen molar-refractivity contribution in [2.24, 2.45) is 5.92 Å². The molecule has 3 rings (SSSR count). The summed E-state index contributed by atoms with van der Waals surface area (Å²) in [5.41, 5.74) is 2.62. The van der Waals surface area contributed by atoms with E-state index in [0.717, 1.165) is 31.2 Å². The van der Waals surface area contributed by atoms with Crippen LogP contribution in [0.1, 0.15) is 65.8 Å². The number of halogens is 1. The molecule has 0 spiro atoms. The minimum Gasteiger partial charge on any atom is -0.345 e. The number of nitrogens with one attached hydrogen (secondary N) is 1. The van der Waals surface area contributed by atoms with Crippen LogP contribution in [0, 0.1) is 25.6 Å². The highest BCUT2D eigenvalue weighted by atomic mass is 19.1. The van der Waals surface area contributed by atoms with E-state index in [1.165, 1.54) is 18.2 Å². The first-order valence-electron chi connectivity index (χ1n) is 9.69. The largest absolute Gasteiger partial charge is 0.345 e. The molecule has 1 aliphatic carbocycles. The molecule has 1 amide bonds. The van der Waals surface area contributed by atoms with E-state index in [9.17, 15) is 14.0 Å². The molecule has 1 aromatic heterocycles. The number of carbonyl (C=O) groups excluding carboxylic acids is 1. The summed E-state index contributed by atoms with van der Waals surface area (Å²) in [6, 6.07) is 7.77. The number of nitrogens with zero attached hydrogens (tertiary/aromatic N) is 1. The van der Waals surface area contributed by atoms with E-state index in [-0.39, 0.29) is 23.3 Å². The fourth-order valence-corrected chi connectivity index (χ4v) is 3.93. The summed E-state index contributed by atoms with van der Waals surface area (Å²) < 4.78 is 15.4. The van der Waals surface area contributed by atoms with Gasteiger partial charge in [-0.3, -0.25) is 9.59 Å². The van der Waals surface area contributed by atoms with Crippen molar-refractivity contribution in [2.45, 2.75) is 59.0 Å². The third kappa shape index (κ3) is 3.97. The Hall–Kier alpha value is -2.43. The molecular weight excluding hydrogens is 343 g/mol. The Morgan fingerprint density at radius 2 is 2.04 bits per heavy atom. The predicted molar refractivity (Wildman–Crippen MR) is 104 cm³/mol. The number of hydrogen-bond acceptors (Lipinski definition) is 2. The van der Waals surface area contributed by atoms with E-state index < -0.39 is 0 Å². The van der Waals surface area contributed by atoms with Gasteiger partial charge in [-0.25, -0.2) is 4.39 Å². The maximum Gasteiger partial charge on any atom is 0.253 e. The van der Waals surface area contributed by atoms with Gasteiger partial charge in [-0.2, -0.15) is 0 Å². The van der Waals surface area contributed by atoms with E-state index in [1.807, 2.05) is 19.9 Å². The van der Waals surface area contributed by atoms with Crippen LogP contribution in [0.5, 0.6) is 0 Å². The van der Waals surface area contributed by atoms with Crippen molar-refractivity contribution < 1.29 is 9.18 Å². The van der Waals surface area contributed by atoms with E-state index in [4.69, 9.17) is 0 Å². The van der Waals surface area contributed by atoms with Crippen molar-refractivity contribution in [2.75, 3.05) is 0 Å². The molecule has 5 heteroatoms. The number of aromatic nitrogens is 1. The minimum atomic E-state index is -0.296. The van der Waals surface area contributed by atoms with Crippen molar-refractivity contribution in [3.63, 3.8) is 0 Å². The standard InChI is InChI=1S/C22H27FN2O2/c1-4-11-25-15(3)20(14(2)12-19(25)26)22(27)24-21(16-7-5-8-16)17-9-6-10-18(23)13-17/h6,9-10,12-13,16,21H,4-5,7-8,11H2,1-3H3,(H,24,27)/t21-/m0/s1. The van der Waals surface area contributed by atoms with Gasteiger partial charge in [0.05, 0.1) is 11.6 Å². The van der Waals surface area contributed by atoms with Crippen LogP contribution in [0.15, 0.2) is 35.1 Å². The Balaban J connectivity index is 1.95. The highest BCUT2D eigenvalue weighted by Gasteiger charge is 2.31. The average molecular weight is 370 g/mol. The molecular formula is C22H27FN2O2. The molecule has 2 aromatic rings. The van der Waals surface area contributed by atoms with Gasteiger partial charge in [0.15, 0.2) is 0 Å². The molecule has 0 bridgehead atoms. The molecule has 1 saturated carbocycles. The highest BCUT2D eigenvalue weighted by Crippen LogP contribution is 2.38. The van der Waals surface area contributed by atoms with Gasteiger partial charge in [0, 0.05) is 18.3 Å². The van der Waals surface area contributed by atoms with Gasteiger partial charge in [-0.1, -0.05) is 25.5 Å². The van der Waals surface area contributed by atoms with Crippen LogP contribution in [-0.4, -0.2) is 10.5 Å². The molecule has 1 N–H and O–H groups in total. The van der Waals surface area contributed by atoms with Crippen LogP contribution in [0.25, 0.3) is 0 Å². The number of benzene rings is 1. The van der Waals surface area contributed by atoms with Crippen molar-refractivity contribution >= 4 is 5.91 Å². The van der Waals surface area contributed by atoms with E-state index in [2.05, 4.69) is 5.32 Å². The van der Waals surface area contributed by atoms with E-state index >= 15 is 0 Å². The van der Waals surface area contributed by atoms with Gasteiger partial charge < -0.3 is 9.88 Å². The SMILES string of the molecule is CCCn1c(C)c(C(=O)N[C@H](c2cccc(F)c2)C2CCC2)c(C)cc1=O. The zero-order chi connectivity index (χ0) is 19.6. The molecule has 0 radical (unpaired) electrons. The topological polar surface area (TPSA) is 51.1 Å². The van der Waals surface area contributed by atoms with Crippen molar-refractivity contribution in [1.29, 1.82) is 0 Å². The second-order valence-electron chi connectivity index (χ2n) is 7.47. The van der Waals surface area contributed by atoms with E-state index in [0.29, 0.717) is 29.3 Å². The van der Waals surface area contributed by atoms with Crippen LogP contribution in [0.2, 0.25) is 0 Å².